The van der Waals surface area contributed by atoms with E-state index < -0.39 is 0 Å². The Morgan fingerprint density at radius 2 is 0.359 bits per heavy atom. The zero-order valence-electron chi connectivity index (χ0n) is 51.0. The van der Waals surface area contributed by atoms with Gasteiger partial charge in [0, 0.05) is 0 Å². The van der Waals surface area contributed by atoms with E-state index in [1.54, 1.807) is 22.3 Å². The van der Waals surface area contributed by atoms with Gasteiger partial charge in [0.1, 0.15) is 0 Å². The molecule has 8 rings (SSSR count). The number of hydrogen-bond acceptors (Lipinski definition) is 0. The van der Waals surface area contributed by atoms with E-state index in [0.717, 1.165) is 0 Å². The molecule has 78 heavy (non-hydrogen) atoms. The molecule has 0 aliphatic carbocycles. The molecule has 0 aliphatic heterocycles. The molecule has 0 saturated carbocycles. The van der Waals surface area contributed by atoms with E-state index in [9.17, 15) is 0 Å². The van der Waals surface area contributed by atoms with Gasteiger partial charge in [-0.05, 0) is 149 Å². The maximum Gasteiger partial charge on any atom is -0.000741 e. The van der Waals surface area contributed by atoms with Crippen LogP contribution >= 0.6 is 0 Å². The second kappa shape index (κ2) is 33.8. The maximum atomic E-state index is 2.73. The van der Waals surface area contributed by atoms with E-state index in [2.05, 4.69) is 100 Å². The molecule has 0 aromatic heterocycles. The summed E-state index contributed by atoms with van der Waals surface area (Å²) in [5, 5.41) is 20.8. The van der Waals surface area contributed by atoms with Crippen molar-refractivity contribution in [3.05, 3.63) is 95.1 Å². The number of fused-ring (bicyclic) bond motifs is 7. The average molecular weight is 1050 g/mol. The number of unbranched alkanes of at least 4 members (excludes halogenated alkanes) is 36. The van der Waals surface area contributed by atoms with E-state index in [1.165, 1.54) is 358 Å². The van der Waals surface area contributed by atoms with E-state index in [1.807, 2.05) is 0 Å². The van der Waals surface area contributed by atoms with Crippen molar-refractivity contribution < 1.29 is 0 Å². The maximum absolute atomic E-state index is 2.73. The highest BCUT2D eigenvalue weighted by atomic mass is 14.3. The van der Waals surface area contributed by atoms with E-state index in [-0.39, 0.29) is 0 Å². The lowest BCUT2D eigenvalue weighted by Gasteiger charge is -2.23. The highest BCUT2D eigenvalue weighted by Crippen LogP contribution is 2.51. The number of benzene rings is 8. The summed E-state index contributed by atoms with van der Waals surface area (Å²) < 4.78 is 0. The second-order valence-corrected chi connectivity index (χ2v) is 25.4. The van der Waals surface area contributed by atoms with Crippen LogP contribution in [0.2, 0.25) is 0 Å². The lowest BCUT2D eigenvalue weighted by molar-refractivity contribution is 0.553. The quantitative estimate of drug-likeness (QED) is 0.0203. The minimum absolute atomic E-state index is 1.22. The summed E-state index contributed by atoms with van der Waals surface area (Å²) >= 11 is 0. The standard InChI is InChI=1S/C78H112/c1-5-9-13-17-21-25-29-33-37-41-47-61-57-71-67-53-45-51-65-66-52-46-54-68-72-58-62(48-42-38-34-30-26-22-18-14-10-6-2)64(50-44-40-36-32-28-24-20-16-12-8-4)60-74(72)70-56-55-69(77(75(65)67)78(70)76(66)68)73(71)59-63(61)49-43-39-35-31-27-23-19-15-11-7-3/h45-46,51-60H,5-44,47-50H2,1-4H3. The molecular weight excluding hydrogens is 937 g/mol. The monoisotopic (exact) mass is 1050 g/mol. The third-order valence-electron chi connectivity index (χ3n) is 19.2. The van der Waals surface area contributed by atoms with Crippen LogP contribution in [0.3, 0.4) is 0 Å². The first-order valence-corrected chi connectivity index (χ1v) is 34.5. The summed E-state index contributed by atoms with van der Waals surface area (Å²) in [5.41, 5.74) is 6.56. The van der Waals surface area contributed by atoms with Crippen molar-refractivity contribution in [1.82, 2.24) is 0 Å². The van der Waals surface area contributed by atoms with Crippen molar-refractivity contribution in [2.24, 2.45) is 0 Å². The van der Waals surface area contributed by atoms with Crippen LogP contribution in [0.4, 0.5) is 0 Å². The van der Waals surface area contributed by atoms with Gasteiger partial charge < -0.3 is 0 Å². The normalized spacial score (nSPS) is 12.3. The molecular formula is C78H112. The van der Waals surface area contributed by atoms with Crippen molar-refractivity contribution in [2.75, 3.05) is 0 Å². The molecule has 0 saturated heterocycles. The van der Waals surface area contributed by atoms with Gasteiger partial charge in [0.15, 0.2) is 0 Å². The molecule has 8 aromatic rings. The van der Waals surface area contributed by atoms with Gasteiger partial charge in [-0.3, -0.25) is 0 Å². The molecule has 0 bridgehead atoms. The Morgan fingerprint density at radius 3 is 0.577 bits per heavy atom. The highest BCUT2D eigenvalue weighted by molar-refractivity contribution is 6.47. The lowest BCUT2D eigenvalue weighted by Crippen LogP contribution is -2.00. The van der Waals surface area contributed by atoms with Gasteiger partial charge in [-0.1, -0.05) is 332 Å². The predicted octanol–water partition coefficient (Wildman–Crippen LogP) is 26.5. The van der Waals surface area contributed by atoms with Crippen LogP contribution in [0, 0.1) is 0 Å². The zero-order valence-corrected chi connectivity index (χ0v) is 51.0. The van der Waals surface area contributed by atoms with Crippen LogP contribution in [0.25, 0.3) is 75.4 Å². The van der Waals surface area contributed by atoms with Crippen LogP contribution in [-0.4, -0.2) is 0 Å². The number of hydrogen-bond donors (Lipinski definition) is 0. The molecule has 0 nitrogen and oxygen atoms in total. The molecule has 0 spiro atoms. The van der Waals surface area contributed by atoms with Crippen molar-refractivity contribution in [2.45, 2.75) is 310 Å². The molecule has 0 N–H and O–H groups in total. The SMILES string of the molecule is CCCCCCCCCCCCc1cc2c(cc1CCCCCCCCCCCC)c1ccc3c4cc(CCCCCCCCCCCC)c(CCCCCCCCCCCC)cc4c4cccc5c6cccc2c6c1c3c45. The Hall–Kier alpha value is -3.90. The van der Waals surface area contributed by atoms with Gasteiger partial charge >= 0.3 is 0 Å². The van der Waals surface area contributed by atoms with Crippen LogP contribution in [0.15, 0.2) is 72.8 Å². The predicted molar refractivity (Wildman–Crippen MR) is 354 cm³/mol. The molecule has 0 aliphatic rings. The topological polar surface area (TPSA) is 0 Å². The largest absolute Gasteiger partial charge is 0.0654 e. The Morgan fingerprint density at radius 1 is 0.179 bits per heavy atom. The molecule has 0 fully saturated rings. The average Bonchev–Trinajstić information content (AvgIpc) is 2.85. The second-order valence-electron chi connectivity index (χ2n) is 25.4. The van der Waals surface area contributed by atoms with Gasteiger partial charge in [0.05, 0.1) is 0 Å². The Kier molecular flexibility index (Phi) is 26.1. The van der Waals surface area contributed by atoms with Gasteiger partial charge in [-0.2, -0.15) is 0 Å². The molecule has 0 unspecified atom stereocenters. The Labute approximate surface area is 478 Å². The van der Waals surface area contributed by atoms with Crippen molar-refractivity contribution in [3.63, 3.8) is 0 Å². The van der Waals surface area contributed by atoms with Gasteiger partial charge in [-0.25, -0.2) is 0 Å². The molecule has 0 radical (unpaired) electrons. The van der Waals surface area contributed by atoms with E-state index in [0.29, 0.717) is 0 Å². The minimum atomic E-state index is 1.22. The fourth-order valence-electron chi connectivity index (χ4n) is 14.5. The third kappa shape index (κ3) is 16.4. The van der Waals surface area contributed by atoms with Gasteiger partial charge in [0.25, 0.3) is 0 Å². The van der Waals surface area contributed by atoms with Gasteiger partial charge in [0.2, 0.25) is 0 Å². The van der Waals surface area contributed by atoms with Gasteiger partial charge in [-0.15, -0.1) is 0 Å². The summed E-state index contributed by atoms with van der Waals surface area (Å²) in [5.74, 6) is 0. The molecule has 8 aromatic carbocycles. The molecule has 0 atom stereocenters. The fourth-order valence-corrected chi connectivity index (χ4v) is 14.5. The van der Waals surface area contributed by atoms with Crippen molar-refractivity contribution in [3.8, 4) is 0 Å². The van der Waals surface area contributed by atoms with Crippen molar-refractivity contribution >= 4 is 75.4 Å². The Bertz CT molecular complexity index is 2730. The number of aryl methyl sites for hydroxylation is 4. The molecule has 424 valence electrons. The van der Waals surface area contributed by atoms with Crippen molar-refractivity contribution in [1.29, 1.82) is 0 Å². The first-order chi connectivity index (χ1) is 38.7. The summed E-state index contributed by atoms with van der Waals surface area (Å²) in [6.07, 6.45) is 60.6. The summed E-state index contributed by atoms with van der Waals surface area (Å²) in [6, 6.07) is 30.7. The summed E-state index contributed by atoms with van der Waals surface area (Å²) in [4.78, 5) is 0. The highest BCUT2D eigenvalue weighted by Gasteiger charge is 2.23. The fraction of sp³-hybridized carbons (Fsp3) is 0.615. The van der Waals surface area contributed by atoms with Crippen LogP contribution in [-0.2, 0) is 25.7 Å². The zero-order chi connectivity index (χ0) is 54.0. The first-order valence-electron chi connectivity index (χ1n) is 34.5. The van der Waals surface area contributed by atoms with Crippen LogP contribution < -0.4 is 0 Å². The Balaban J connectivity index is 1.11. The van der Waals surface area contributed by atoms with E-state index >= 15 is 0 Å². The summed E-state index contributed by atoms with van der Waals surface area (Å²) in [7, 11) is 0. The van der Waals surface area contributed by atoms with Crippen LogP contribution in [0.1, 0.15) is 307 Å². The molecule has 0 amide bonds. The van der Waals surface area contributed by atoms with E-state index in [4.69, 9.17) is 0 Å². The minimum Gasteiger partial charge on any atom is -0.0654 e. The third-order valence-corrected chi connectivity index (χ3v) is 19.2. The smallest absolute Gasteiger partial charge is 0.000741 e. The summed E-state index contributed by atoms with van der Waals surface area (Å²) in [6.45, 7) is 9.32. The molecule has 0 heteroatoms. The lowest BCUT2D eigenvalue weighted by atomic mass is 9.80. The van der Waals surface area contributed by atoms with Crippen LogP contribution in [0.5, 0.6) is 0 Å². The first kappa shape index (κ1) is 60.2. The molecule has 0 heterocycles. The number of rotatable bonds is 44.